The molecule has 1 saturated heterocycles. The van der Waals surface area contributed by atoms with Crippen molar-refractivity contribution in [3.8, 4) is 0 Å². The van der Waals surface area contributed by atoms with E-state index in [1.807, 2.05) is 13.8 Å². The summed E-state index contributed by atoms with van der Waals surface area (Å²) < 4.78 is 5.64. The highest BCUT2D eigenvalue weighted by Gasteiger charge is 2.58. The van der Waals surface area contributed by atoms with Crippen LogP contribution in [0.15, 0.2) is 16.5 Å². The number of nitrogens with zero attached hydrogens (tertiary/aromatic N) is 4. The molecule has 1 spiro atoms. The zero-order valence-electron chi connectivity index (χ0n) is 14.2. The van der Waals surface area contributed by atoms with Crippen LogP contribution in [-0.4, -0.2) is 33.2 Å². The molecule has 2 aromatic rings. The predicted octanol–water partition coefficient (Wildman–Crippen LogP) is 3.16. The fraction of sp³-hybridized carbons (Fsp3) is 0.611. The Kier molecular flexibility index (Phi) is 3.48. The molecule has 122 valence electrons. The van der Waals surface area contributed by atoms with E-state index in [2.05, 4.69) is 39.1 Å². The van der Waals surface area contributed by atoms with E-state index in [9.17, 15) is 0 Å². The molecule has 3 heterocycles. The SMILES string of the molecule is Cc1ccc(CN2CCC3(CC2)CC3c2nnc(C)o2)c(C)n1. The molecule has 0 bridgehead atoms. The smallest absolute Gasteiger partial charge is 0.220 e. The van der Waals surface area contributed by atoms with Gasteiger partial charge in [-0.05, 0) is 63.2 Å². The van der Waals surface area contributed by atoms with Crippen molar-refractivity contribution < 1.29 is 4.42 Å². The maximum Gasteiger partial charge on any atom is 0.220 e. The monoisotopic (exact) mass is 312 g/mol. The molecule has 0 aromatic carbocycles. The molecular formula is C18H24N4O. The molecule has 1 aliphatic carbocycles. The third-order valence-electron chi connectivity index (χ3n) is 5.61. The molecule has 0 amide bonds. The van der Waals surface area contributed by atoms with Crippen LogP contribution >= 0.6 is 0 Å². The zero-order chi connectivity index (χ0) is 16.0. The quantitative estimate of drug-likeness (QED) is 0.871. The second-order valence-electron chi connectivity index (χ2n) is 7.25. The summed E-state index contributed by atoms with van der Waals surface area (Å²) in [5.41, 5.74) is 4.04. The Hall–Kier alpha value is -1.75. The normalized spacial score (nSPS) is 23.3. The molecule has 0 radical (unpaired) electrons. The lowest BCUT2D eigenvalue weighted by Gasteiger charge is -2.32. The predicted molar refractivity (Wildman–Crippen MR) is 87.0 cm³/mol. The summed E-state index contributed by atoms with van der Waals surface area (Å²) >= 11 is 0. The molecule has 1 atom stereocenters. The van der Waals surface area contributed by atoms with E-state index in [-0.39, 0.29) is 0 Å². The van der Waals surface area contributed by atoms with E-state index in [0.29, 0.717) is 17.2 Å². The molecule has 2 aromatic heterocycles. The second kappa shape index (κ2) is 5.41. The van der Waals surface area contributed by atoms with Crippen LogP contribution in [0.25, 0.3) is 0 Å². The van der Waals surface area contributed by atoms with Crippen molar-refractivity contribution >= 4 is 0 Å². The Balaban J connectivity index is 1.37. The summed E-state index contributed by atoms with van der Waals surface area (Å²) in [5, 5.41) is 8.20. The number of hydrogen-bond donors (Lipinski definition) is 0. The molecule has 5 heteroatoms. The molecule has 5 nitrogen and oxygen atoms in total. The van der Waals surface area contributed by atoms with Crippen molar-refractivity contribution in [2.24, 2.45) is 5.41 Å². The van der Waals surface area contributed by atoms with E-state index >= 15 is 0 Å². The largest absolute Gasteiger partial charge is 0.425 e. The lowest BCUT2D eigenvalue weighted by atomic mass is 9.90. The van der Waals surface area contributed by atoms with Crippen LogP contribution in [0, 0.1) is 26.2 Å². The fourth-order valence-electron chi connectivity index (χ4n) is 3.98. The second-order valence-corrected chi connectivity index (χ2v) is 7.25. The van der Waals surface area contributed by atoms with Gasteiger partial charge < -0.3 is 4.42 Å². The Bertz CT molecular complexity index is 716. The van der Waals surface area contributed by atoms with Gasteiger partial charge in [-0.1, -0.05) is 6.07 Å². The Morgan fingerprint density at radius 1 is 1.17 bits per heavy atom. The first-order valence-corrected chi connectivity index (χ1v) is 8.51. The number of likely N-dealkylation sites (tertiary alicyclic amines) is 1. The van der Waals surface area contributed by atoms with Gasteiger partial charge in [-0.25, -0.2) is 0 Å². The molecule has 1 saturated carbocycles. The highest BCUT2D eigenvalue weighted by atomic mass is 16.4. The minimum Gasteiger partial charge on any atom is -0.425 e. The van der Waals surface area contributed by atoms with Crippen molar-refractivity contribution in [1.82, 2.24) is 20.1 Å². The first kappa shape index (κ1) is 14.8. The fourth-order valence-corrected chi connectivity index (χ4v) is 3.98. The summed E-state index contributed by atoms with van der Waals surface area (Å²) in [7, 11) is 0. The first-order chi connectivity index (χ1) is 11.1. The average Bonchev–Trinajstić information content (AvgIpc) is 3.04. The van der Waals surface area contributed by atoms with Crippen molar-refractivity contribution in [2.75, 3.05) is 13.1 Å². The van der Waals surface area contributed by atoms with Gasteiger partial charge in [-0.2, -0.15) is 0 Å². The van der Waals surface area contributed by atoms with Gasteiger partial charge in [-0.15, -0.1) is 10.2 Å². The summed E-state index contributed by atoms with van der Waals surface area (Å²) in [6, 6.07) is 4.34. The van der Waals surface area contributed by atoms with Crippen LogP contribution in [-0.2, 0) is 6.54 Å². The zero-order valence-corrected chi connectivity index (χ0v) is 14.2. The summed E-state index contributed by atoms with van der Waals surface area (Å²) in [6.45, 7) is 9.34. The van der Waals surface area contributed by atoms with Crippen molar-refractivity contribution in [1.29, 1.82) is 0 Å². The molecule has 2 fully saturated rings. The van der Waals surface area contributed by atoms with E-state index < -0.39 is 0 Å². The Morgan fingerprint density at radius 2 is 1.96 bits per heavy atom. The maximum absolute atomic E-state index is 5.64. The van der Waals surface area contributed by atoms with E-state index in [4.69, 9.17) is 4.42 Å². The Labute approximate surface area is 137 Å². The van der Waals surface area contributed by atoms with Crippen LogP contribution in [0.5, 0.6) is 0 Å². The molecule has 4 rings (SSSR count). The molecule has 1 aliphatic heterocycles. The summed E-state index contributed by atoms with van der Waals surface area (Å²) in [4.78, 5) is 7.13. The van der Waals surface area contributed by atoms with E-state index in [1.165, 1.54) is 24.8 Å². The molecule has 2 aliphatic rings. The lowest BCUT2D eigenvalue weighted by molar-refractivity contribution is 0.159. The highest BCUT2D eigenvalue weighted by molar-refractivity contribution is 5.22. The van der Waals surface area contributed by atoms with Gasteiger partial charge >= 0.3 is 0 Å². The van der Waals surface area contributed by atoms with Gasteiger partial charge in [0.25, 0.3) is 0 Å². The minimum absolute atomic E-state index is 0.427. The maximum atomic E-state index is 5.64. The van der Waals surface area contributed by atoms with Gasteiger partial charge in [0.05, 0.1) is 0 Å². The van der Waals surface area contributed by atoms with Crippen LogP contribution in [0.1, 0.15) is 53.9 Å². The van der Waals surface area contributed by atoms with Crippen molar-refractivity contribution in [2.45, 2.75) is 52.5 Å². The summed E-state index contributed by atoms with van der Waals surface area (Å²) in [5.74, 6) is 2.03. The van der Waals surface area contributed by atoms with Gasteiger partial charge in [0.2, 0.25) is 11.8 Å². The number of hydrogen-bond acceptors (Lipinski definition) is 5. The average molecular weight is 312 g/mol. The molecule has 23 heavy (non-hydrogen) atoms. The standard InChI is InChI=1S/C18H24N4O/c1-12-4-5-15(13(2)19-12)11-22-8-6-18(7-9-22)10-16(18)17-21-20-14(3)23-17/h4-5,16H,6-11H2,1-3H3. The van der Waals surface area contributed by atoms with Crippen molar-refractivity contribution in [3.63, 3.8) is 0 Å². The van der Waals surface area contributed by atoms with Crippen LogP contribution in [0.4, 0.5) is 0 Å². The van der Waals surface area contributed by atoms with Gasteiger partial charge in [-0.3, -0.25) is 9.88 Å². The number of pyridine rings is 1. The third kappa shape index (κ3) is 2.78. The van der Waals surface area contributed by atoms with Gasteiger partial charge in [0, 0.05) is 30.8 Å². The van der Waals surface area contributed by atoms with E-state index in [0.717, 1.165) is 36.9 Å². The van der Waals surface area contributed by atoms with Crippen LogP contribution in [0.3, 0.4) is 0 Å². The number of piperidine rings is 1. The lowest BCUT2D eigenvalue weighted by Crippen LogP contribution is -2.34. The number of rotatable bonds is 3. The molecular weight excluding hydrogens is 288 g/mol. The third-order valence-corrected chi connectivity index (χ3v) is 5.61. The van der Waals surface area contributed by atoms with Gasteiger partial charge in [0.15, 0.2) is 0 Å². The van der Waals surface area contributed by atoms with Crippen LogP contribution < -0.4 is 0 Å². The minimum atomic E-state index is 0.427. The van der Waals surface area contributed by atoms with Crippen molar-refractivity contribution in [3.05, 3.63) is 40.9 Å². The molecule has 1 unspecified atom stereocenters. The first-order valence-electron chi connectivity index (χ1n) is 8.51. The Morgan fingerprint density at radius 3 is 2.61 bits per heavy atom. The van der Waals surface area contributed by atoms with Gasteiger partial charge in [0.1, 0.15) is 0 Å². The number of aryl methyl sites for hydroxylation is 3. The summed E-state index contributed by atoms with van der Waals surface area (Å²) in [6.07, 6.45) is 3.68. The van der Waals surface area contributed by atoms with Crippen LogP contribution in [0.2, 0.25) is 0 Å². The highest BCUT2D eigenvalue weighted by Crippen LogP contribution is 2.64. The topological polar surface area (TPSA) is 55.1 Å². The number of aromatic nitrogens is 3. The molecule has 0 N–H and O–H groups in total. The van der Waals surface area contributed by atoms with E-state index in [1.54, 1.807) is 0 Å².